The Morgan fingerprint density at radius 2 is 2.04 bits per heavy atom. The predicted octanol–water partition coefficient (Wildman–Crippen LogP) is 3.64. The van der Waals surface area contributed by atoms with Gasteiger partial charge in [0.05, 0.1) is 6.10 Å². The maximum Gasteiger partial charge on any atom is 0.204 e. The second-order valence-corrected chi connectivity index (χ2v) is 8.14. The van der Waals surface area contributed by atoms with E-state index in [-0.39, 0.29) is 17.9 Å². The number of aliphatic hydroxyl groups excluding tert-OH is 1. The van der Waals surface area contributed by atoms with Crippen molar-refractivity contribution in [3.63, 3.8) is 0 Å². The van der Waals surface area contributed by atoms with E-state index < -0.39 is 0 Å². The van der Waals surface area contributed by atoms with Gasteiger partial charge in [-0.15, -0.1) is 0 Å². The topological polar surface area (TPSA) is 63.3 Å². The summed E-state index contributed by atoms with van der Waals surface area (Å²) in [6.07, 6.45) is 7.67. The Hall–Kier alpha value is -1.35. The first-order chi connectivity index (χ1) is 11.6. The highest BCUT2D eigenvalue weighted by molar-refractivity contribution is 5.42. The van der Waals surface area contributed by atoms with Crippen molar-refractivity contribution in [3.05, 3.63) is 35.4 Å². The Labute approximate surface area is 145 Å². The van der Waals surface area contributed by atoms with E-state index in [0.29, 0.717) is 5.92 Å². The van der Waals surface area contributed by atoms with Gasteiger partial charge in [-0.1, -0.05) is 44.5 Å². The molecule has 3 aliphatic carbocycles. The second kappa shape index (κ2) is 6.87. The van der Waals surface area contributed by atoms with Crippen molar-refractivity contribution in [3.8, 4) is 0 Å². The molecule has 2 saturated carbocycles. The molecule has 0 heterocycles. The zero-order valence-electron chi connectivity index (χ0n) is 14.9. The van der Waals surface area contributed by atoms with E-state index in [9.17, 15) is 5.11 Å². The predicted molar refractivity (Wildman–Crippen MR) is 96.5 cm³/mol. The van der Waals surface area contributed by atoms with Crippen LogP contribution in [0.15, 0.2) is 24.3 Å². The number of amides is 1. The number of hydrogen-bond donors (Lipinski definition) is 2. The monoisotopic (exact) mass is 329 g/mol. The van der Waals surface area contributed by atoms with Crippen LogP contribution in [0.2, 0.25) is 0 Å². The Kier molecular flexibility index (Phi) is 5.00. The maximum atomic E-state index is 10.8. The zero-order chi connectivity index (χ0) is 17.3. The normalized spacial score (nSPS) is 39.7. The minimum atomic E-state index is -0.0642. The van der Waals surface area contributed by atoms with E-state index in [2.05, 4.69) is 43.8 Å². The molecule has 1 amide bonds. The first-order valence-corrected chi connectivity index (χ1v) is 9.48. The van der Waals surface area contributed by atoms with E-state index in [1.165, 1.54) is 32.1 Å². The standard InChI is InChI=1S/C20H28O.CH3NO/c1-3-13-12-18-17-9-8-14-6-4-5-7-15(14)16(17)10-11-20(18,2)19(13)21;2-1-3/h4-7,13,16-19,21H,3,8-12H2,1-2H3;1H,(H2,2,3). The highest BCUT2D eigenvalue weighted by atomic mass is 16.3. The van der Waals surface area contributed by atoms with Gasteiger partial charge in [-0.3, -0.25) is 4.79 Å². The quantitative estimate of drug-likeness (QED) is 0.773. The number of carbonyl (C=O) groups excluding carboxylic acids is 1. The minimum Gasteiger partial charge on any atom is -0.392 e. The summed E-state index contributed by atoms with van der Waals surface area (Å²) in [7, 11) is 0. The Morgan fingerprint density at radius 3 is 2.75 bits per heavy atom. The van der Waals surface area contributed by atoms with Gasteiger partial charge in [0.2, 0.25) is 6.41 Å². The summed E-state index contributed by atoms with van der Waals surface area (Å²) >= 11 is 0. The van der Waals surface area contributed by atoms with E-state index in [1.807, 2.05) is 0 Å². The van der Waals surface area contributed by atoms with E-state index in [4.69, 9.17) is 4.79 Å². The van der Waals surface area contributed by atoms with Gasteiger partial charge >= 0.3 is 0 Å². The largest absolute Gasteiger partial charge is 0.392 e. The van der Waals surface area contributed by atoms with Crippen LogP contribution in [0.5, 0.6) is 0 Å². The number of carbonyl (C=O) groups is 1. The first kappa shape index (κ1) is 17.5. The van der Waals surface area contributed by atoms with Gasteiger partial charge in [0.25, 0.3) is 0 Å². The van der Waals surface area contributed by atoms with Crippen LogP contribution in [0.3, 0.4) is 0 Å². The number of nitrogens with two attached hydrogens (primary N) is 1. The van der Waals surface area contributed by atoms with Gasteiger partial charge in [-0.2, -0.15) is 0 Å². The lowest BCUT2D eigenvalue weighted by molar-refractivity contribution is -0.106. The highest BCUT2D eigenvalue weighted by Crippen LogP contribution is 2.62. The summed E-state index contributed by atoms with van der Waals surface area (Å²) in [6.45, 7) is 4.64. The average molecular weight is 329 g/mol. The maximum absolute atomic E-state index is 10.8. The van der Waals surface area contributed by atoms with Crippen LogP contribution in [0.4, 0.5) is 0 Å². The first-order valence-electron chi connectivity index (χ1n) is 9.48. The fourth-order valence-corrected chi connectivity index (χ4v) is 6.06. The number of hydrogen-bond acceptors (Lipinski definition) is 2. The third kappa shape index (κ3) is 2.67. The Bertz CT molecular complexity index is 587. The van der Waals surface area contributed by atoms with Crippen LogP contribution >= 0.6 is 0 Å². The molecular formula is C21H31NO2. The van der Waals surface area contributed by atoms with Gasteiger partial charge in [-0.05, 0) is 72.3 Å². The fraction of sp³-hybridized carbons (Fsp3) is 0.667. The number of rotatable bonds is 1. The van der Waals surface area contributed by atoms with Crippen LogP contribution in [0, 0.1) is 23.2 Å². The van der Waals surface area contributed by atoms with Gasteiger partial charge in [0.15, 0.2) is 0 Å². The molecule has 6 atom stereocenters. The van der Waals surface area contributed by atoms with Crippen LogP contribution in [0.25, 0.3) is 0 Å². The number of primary amides is 1. The van der Waals surface area contributed by atoms with Crippen LogP contribution in [-0.2, 0) is 11.2 Å². The van der Waals surface area contributed by atoms with Gasteiger partial charge in [0, 0.05) is 0 Å². The third-order valence-electron chi connectivity index (χ3n) is 7.28. The molecule has 3 heteroatoms. The van der Waals surface area contributed by atoms with E-state index in [0.717, 1.165) is 24.2 Å². The average Bonchev–Trinajstić information content (AvgIpc) is 2.86. The summed E-state index contributed by atoms with van der Waals surface area (Å²) in [5.74, 6) is 2.85. The van der Waals surface area contributed by atoms with Crippen LogP contribution in [-0.4, -0.2) is 17.6 Å². The Balaban J connectivity index is 0.000000526. The summed E-state index contributed by atoms with van der Waals surface area (Å²) in [6, 6.07) is 9.11. The summed E-state index contributed by atoms with van der Waals surface area (Å²) < 4.78 is 0. The smallest absolute Gasteiger partial charge is 0.204 e. The fourth-order valence-electron chi connectivity index (χ4n) is 6.06. The van der Waals surface area contributed by atoms with Crippen molar-refractivity contribution in [1.29, 1.82) is 0 Å². The Morgan fingerprint density at radius 1 is 1.33 bits per heavy atom. The van der Waals surface area contributed by atoms with Crippen molar-refractivity contribution in [2.45, 2.75) is 64.4 Å². The molecule has 0 bridgehead atoms. The second-order valence-electron chi connectivity index (χ2n) is 8.14. The molecule has 0 spiro atoms. The molecule has 1 aromatic carbocycles. The number of aliphatic hydroxyl groups is 1. The minimum absolute atomic E-state index is 0.0642. The van der Waals surface area contributed by atoms with Crippen molar-refractivity contribution >= 4 is 6.41 Å². The number of fused-ring (bicyclic) bond motifs is 5. The molecule has 0 aromatic heterocycles. The summed E-state index contributed by atoms with van der Waals surface area (Å²) in [4.78, 5) is 8.58. The third-order valence-corrected chi connectivity index (χ3v) is 7.28. The van der Waals surface area contributed by atoms with Crippen LogP contribution < -0.4 is 5.73 Å². The molecule has 24 heavy (non-hydrogen) atoms. The van der Waals surface area contributed by atoms with Crippen molar-refractivity contribution in [2.75, 3.05) is 0 Å². The molecular weight excluding hydrogens is 298 g/mol. The molecule has 132 valence electrons. The summed E-state index contributed by atoms with van der Waals surface area (Å²) in [5, 5.41) is 10.8. The zero-order valence-corrected chi connectivity index (χ0v) is 14.9. The molecule has 4 rings (SSSR count). The lowest BCUT2D eigenvalue weighted by Gasteiger charge is -2.50. The molecule has 0 radical (unpaired) electrons. The van der Waals surface area contributed by atoms with Crippen molar-refractivity contribution < 1.29 is 9.90 Å². The molecule has 3 nitrogen and oxygen atoms in total. The molecule has 3 aliphatic rings. The molecule has 1 aromatic rings. The van der Waals surface area contributed by atoms with Crippen molar-refractivity contribution in [2.24, 2.45) is 28.9 Å². The molecule has 0 aliphatic heterocycles. The summed E-state index contributed by atoms with van der Waals surface area (Å²) in [5.41, 5.74) is 7.58. The van der Waals surface area contributed by atoms with Crippen molar-refractivity contribution in [1.82, 2.24) is 0 Å². The SMILES string of the molecule is CCC1CC2C3CCc4ccccc4C3CCC2(C)C1O.NC=O. The number of aryl methyl sites for hydroxylation is 1. The molecule has 2 fully saturated rings. The van der Waals surface area contributed by atoms with Crippen LogP contribution in [0.1, 0.15) is 63.0 Å². The van der Waals surface area contributed by atoms with E-state index in [1.54, 1.807) is 11.1 Å². The van der Waals surface area contributed by atoms with Gasteiger partial charge in [-0.25, -0.2) is 0 Å². The van der Waals surface area contributed by atoms with E-state index >= 15 is 0 Å². The highest BCUT2D eigenvalue weighted by Gasteiger charge is 2.57. The lowest BCUT2D eigenvalue weighted by atomic mass is 9.55. The number of benzene rings is 1. The molecule has 6 unspecified atom stereocenters. The lowest BCUT2D eigenvalue weighted by Crippen LogP contribution is -2.44. The van der Waals surface area contributed by atoms with Gasteiger partial charge in [0.1, 0.15) is 0 Å². The van der Waals surface area contributed by atoms with Gasteiger partial charge < -0.3 is 10.8 Å². The molecule has 3 N–H and O–H groups in total. The molecule has 0 saturated heterocycles.